The lowest BCUT2D eigenvalue weighted by molar-refractivity contribution is -0.135. The number of aliphatic carboxylic acids is 3. The van der Waals surface area contributed by atoms with Crippen LogP contribution < -0.4 is 16.0 Å². The van der Waals surface area contributed by atoms with Crippen molar-refractivity contribution in [3.63, 3.8) is 0 Å². The minimum Gasteiger partial charge on any atom is -0.481 e. The molecule has 0 aromatic carbocycles. The quantitative estimate of drug-likeness (QED) is 0.314. The van der Waals surface area contributed by atoms with Gasteiger partial charge in [0.2, 0.25) is 0 Å². The van der Waals surface area contributed by atoms with Crippen LogP contribution in [0.2, 0.25) is 0 Å². The first-order chi connectivity index (χ1) is 11.6. The Labute approximate surface area is 149 Å². The van der Waals surface area contributed by atoms with Crippen molar-refractivity contribution in [2.45, 2.75) is 20.8 Å². The molecule has 0 aliphatic carbocycles. The number of nitrogens with one attached hydrogen (secondary N) is 3. The molecule has 1 rings (SSSR count). The lowest BCUT2D eigenvalue weighted by Gasteiger charge is -2.18. The SMILES string of the molecule is CC(=O)O.CC(=O)O.CC(=O)O.CN1CCNCCNCCNCC1. The molecule has 0 atom stereocenters. The van der Waals surface area contributed by atoms with Crippen LogP contribution in [0.4, 0.5) is 0 Å². The van der Waals surface area contributed by atoms with Gasteiger partial charge in [-0.25, -0.2) is 0 Å². The number of carboxylic acid groups (broad SMARTS) is 3. The Hall–Kier alpha value is -1.75. The van der Waals surface area contributed by atoms with Crippen molar-refractivity contribution in [3.05, 3.63) is 0 Å². The standard InChI is InChI=1S/C9H22N4.3C2H4O2/c1-13-8-6-11-4-2-10-3-5-12-7-9-13;3*1-2(3)4/h10-12H,2-9H2,1H3;3*1H3,(H,3,4). The second-order valence-corrected chi connectivity index (χ2v) is 5.11. The van der Waals surface area contributed by atoms with E-state index >= 15 is 0 Å². The third-order valence-corrected chi connectivity index (χ3v) is 2.30. The van der Waals surface area contributed by atoms with Gasteiger partial charge in [0.25, 0.3) is 17.9 Å². The molecule has 0 aromatic heterocycles. The maximum absolute atomic E-state index is 9.00. The Morgan fingerprint density at radius 2 is 0.840 bits per heavy atom. The van der Waals surface area contributed by atoms with Crippen molar-refractivity contribution in [2.75, 3.05) is 59.4 Å². The zero-order valence-electron chi connectivity index (χ0n) is 15.7. The molecule has 1 saturated heterocycles. The van der Waals surface area contributed by atoms with Crippen molar-refractivity contribution < 1.29 is 29.7 Å². The number of likely N-dealkylation sites (N-methyl/N-ethyl adjacent to an activating group) is 1. The Morgan fingerprint density at radius 1 is 0.640 bits per heavy atom. The zero-order chi connectivity index (χ0) is 20.1. The van der Waals surface area contributed by atoms with Gasteiger partial charge in [0.05, 0.1) is 0 Å². The molecule has 150 valence electrons. The minimum absolute atomic E-state index is 0.833. The van der Waals surface area contributed by atoms with E-state index in [-0.39, 0.29) is 0 Å². The third kappa shape index (κ3) is 60.8. The summed E-state index contributed by atoms with van der Waals surface area (Å²) in [5.41, 5.74) is 0. The molecule has 1 aliphatic heterocycles. The summed E-state index contributed by atoms with van der Waals surface area (Å²) in [6, 6.07) is 0. The van der Waals surface area contributed by atoms with Gasteiger partial charge in [0.15, 0.2) is 0 Å². The van der Waals surface area contributed by atoms with Crippen LogP contribution in [-0.4, -0.2) is 97.5 Å². The highest BCUT2D eigenvalue weighted by atomic mass is 16.4. The summed E-state index contributed by atoms with van der Waals surface area (Å²) in [5, 5.41) is 32.4. The van der Waals surface area contributed by atoms with E-state index in [4.69, 9.17) is 29.7 Å². The Morgan fingerprint density at radius 3 is 1.08 bits per heavy atom. The highest BCUT2D eigenvalue weighted by Gasteiger charge is 1.98. The first-order valence-corrected chi connectivity index (χ1v) is 7.98. The van der Waals surface area contributed by atoms with Gasteiger partial charge < -0.3 is 36.2 Å². The van der Waals surface area contributed by atoms with E-state index in [1.54, 1.807) is 0 Å². The van der Waals surface area contributed by atoms with Crippen molar-refractivity contribution in [1.29, 1.82) is 0 Å². The molecule has 1 aliphatic rings. The molecule has 1 heterocycles. The van der Waals surface area contributed by atoms with Crippen LogP contribution in [0.15, 0.2) is 0 Å². The number of rotatable bonds is 0. The number of carboxylic acids is 3. The molecule has 0 unspecified atom stereocenters. The van der Waals surface area contributed by atoms with Gasteiger partial charge in [-0.05, 0) is 7.05 Å². The minimum atomic E-state index is -0.833. The molecule has 10 nitrogen and oxygen atoms in total. The molecule has 0 spiro atoms. The van der Waals surface area contributed by atoms with Gasteiger partial charge in [-0.3, -0.25) is 14.4 Å². The van der Waals surface area contributed by atoms with Gasteiger partial charge >= 0.3 is 0 Å². The van der Waals surface area contributed by atoms with Gasteiger partial charge in [0, 0.05) is 73.1 Å². The van der Waals surface area contributed by atoms with E-state index in [2.05, 4.69) is 27.9 Å². The second kappa shape index (κ2) is 22.2. The average Bonchev–Trinajstić information content (AvgIpc) is 2.41. The Balaban J connectivity index is -0.000000333. The summed E-state index contributed by atoms with van der Waals surface area (Å²) in [4.78, 5) is 29.4. The Bertz CT molecular complexity index is 289. The number of hydrogen-bond acceptors (Lipinski definition) is 7. The number of hydrogen-bond donors (Lipinski definition) is 6. The van der Waals surface area contributed by atoms with E-state index in [1.807, 2.05) is 0 Å². The van der Waals surface area contributed by atoms with Crippen LogP contribution in [0.1, 0.15) is 20.8 Å². The lowest BCUT2D eigenvalue weighted by Crippen LogP contribution is -2.40. The monoisotopic (exact) mass is 366 g/mol. The van der Waals surface area contributed by atoms with Crippen LogP contribution in [0, 0.1) is 0 Å². The van der Waals surface area contributed by atoms with Crippen LogP contribution in [0.5, 0.6) is 0 Å². The number of nitrogens with zero attached hydrogens (tertiary/aromatic N) is 1. The van der Waals surface area contributed by atoms with Crippen LogP contribution >= 0.6 is 0 Å². The fourth-order valence-corrected chi connectivity index (χ4v) is 1.38. The summed E-state index contributed by atoms with van der Waals surface area (Å²) >= 11 is 0. The normalized spacial score (nSPS) is 15.8. The predicted octanol–water partition coefficient (Wildman–Crippen LogP) is -1.03. The van der Waals surface area contributed by atoms with E-state index in [1.165, 1.54) is 0 Å². The molecule has 0 aromatic rings. The molecular formula is C15H34N4O6. The highest BCUT2D eigenvalue weighted by Crippen LogP contribution is 1.79. The number of carbonyl (C=O) groups is 3. The van der Waals surface area contributed by atoms with E-state index < -0.39 is 17.9 Å². The van der Waals surface area contributed by atoms with E-state index in [9.17, 15) is 0 Å². The van der Waals surface area contributed by atoms with Gasteiger partial charge in [-0.2, -0.15) is 0 Å². The van der Waals surface area contributed by atoms with Crippen LogP contribution in [0.3, 0.4) is 0 Å². The molecule has 1 fully saturated rings. The summed E-state index contributed by atoms with van der Waals surface area (Å²) in [6.45, 7) is 12.0. The van der Waals surface area contributed by atoms with Crippen molar-refractivity contribution >= 4 is 17.9 Å². The fraction of sp³-hybridized carbons (Fsp3) is 0.800. The van der Waals surface area contributed by atoms with Crippen LogP contribution in [0.25, 0.3) is 0 Å². The summed E-state index contributed by atoms with van der Waals surface area (Å²) < 4.78 is 0. The third-order valence-electron chi connectivity index (χ3n) is 2.30. The van der Waals surface area contributed by atoms with E-state index in [0.29, 0.717) is 0 Å². The smallest absolute Gasteiger partial charge is 0.300 e. The van der Waals surface area contributed by atoms with Crippen LogP contribution in [-0.2, 0) is 14.4 Å². The first-order valence-electron chi connectivity index (χ1n) is 7.98. The van der Waals surface area contributed by atoms with Gasteiger partial charge in [0.1, 0.15) is 0 Å². The van der Waals surface area contributed by atoms with Crippen molar-refractivity contribution in [1.82, 2.24) is 20.9 Å². The molecule has 10 heteroatoms. The summed E-state index contributed by atoms with van der Waals surface area (Å²) in [5.74, 6) is -2.50. The fourth-order valence-electron chi connectivity index (χ4n) is 1.38. The van der Waals surface area contributed by atoms with Crippen molar-refractivity contribution in [3.8, 4) is 0 Å². The molecule has 0 saturated carbocycles. The topological polar surface area (TPSA) is 151 Å². The van der Waals surface area contributed by atoms with Gasteiger partial charge in [-0.15, -0.1) is 0 Å². The molecule has 0 bridgehead atoms. The zero-order valence-corrected chi connectivity index (χ0v) is 15.7. The maximum atomic E-state index is 9.00. The molecule has 25 heavy (non-hydrogen) atoms. The average molecular weight is 366 g/mol. The van der Waals surface area contributed by atoms with Crippen molar-refractivity contribution in [2.24, 2.45) is 0 Å². The largest absolute Gasteiger partial charge is 0.481 e. The summed E-state index contributed by atoms with van der Waals surface area (Å²) in [7, 11) is 2.17. The van der Waals surface area contributed by atoms with Gasteiger partial charge in [-0.1, -0.05) is 0 Å². The maximum Gasteiger partial charge on any atom is 0.300 e. The molecule has 6 N–H and O–H groups in total. The molecular weight excluding hydrogens is 332 g/mol. The predicted molar refractivity (Wildman–Crippen MR) is 96.0 cm³/mol. The highest BCUT2D eigenvalue weighted by molar-refractivity contribution is 5.63. The first kappa shape index (κ1) is 28.1. The molecule has 0 amide bonds. The second-order valence-electron chi connectivity index (χ2n) is 5.11. The lowest BCUT2D eigenvalue weighted by atomic mass is 10.4. The summed E-state index contributed by atoms with van der Waals surface area (Å²) in [6.07, 6.45) is 0. The molecule has 0 radical (unpaired) electrons. The Kier molecular flexibility index (Phi) is 25.0. The van der Waals surface area contributed by atoms with E-state index in [0.717, 1.165) is 73.1 Å².